The maximum absolute atomic E-state index is 12.5. The largest absolute Gasteiger partial charge is 0.419 e. The monoisotopic (exact) mass is 301 g/mol. The number of carbonyl (C=O) groups is 1. The number of carbonyl (C=O) groups excluding carboxylic acids is 1. The van der Waals surface area contributed by atoms with E-state index >= 15 is 0 Å². The number of aromatic nitrogens is 1. The lowest BCUT2D eigenvalue weighted by atomic mass is 9.99. The molecule has 0 saturated carbocycles. The van der Waals surface area contributed by atoms with Crippen LogP contribution in [0.1, 0.15) is 21.5 Å². The van der Waals surface area contributed by atoms with Crippen molar-refractivity contribution in [2.24, 2.45) is 7.05 Å². The smallest absolute Gasteiger partial charge is 0.408 e. The van der Waals surface area contributed by atoms with Crippen LogP contribution in [0.5, 0.6) is 0 Å². The van der Waals surface area contributed by atoms with Crippen LogP contribution in [-0.2, 0) is 7.05 Å². The van der Waals surface area contributed by atoms with Crippen molar-refractivity contribution in [3.05, 3.63) is 68.7 Å². The summed E-state index contributed by atoms with van der Waals surface area (Å²) in [6.45, 7) is 1.83. The summed E-state index contributed by atoms with van der Waals surface area (Å²) < 4.78 is 6.51. The van der Waals surface area contributed by atoms with Crippen LogP contribution in [-0.4, -0.2) is 10.4 Å². The first-order chi connectivity index (χ1) is 9.97. The van der Waals surface area contributed by atoms with Crippen molar-refractivity contribution in [1.82, 2.24) is 4.57 Å². The molecule has 0 atom stereocenters. The zero-order chi connectivity index (χ0) is 15.1. The maximum atomic E-state index is 12.5. The molecule has 0 radical (unpaired) electrons. The van der Waals surface area contributed by atoms with Gasteiger partial charge in [0.15, 0.2) is 11.4 Å². The Hall–Kier alpha value is -2.33. The Morgan fingerprint density at radius 3 is 2.67 bits per heavy atom. The number of oxazole rings is 1. The SMILES string of the molecule is Cc1cc(Cl)ccc1C(=O)c1ccc2c(c1)oc(=O)n2C. The van der Waals surface area contributed by atoms with Gasteiger partial charge in [-0.15, -0.1) is 0 Å². The Balaban J connectivity index is 2.11. The number of hydrogen-bond acceptors (Lipinski definition) is 3. The van der Waals surface area contributed by atoms with Gasteiger partial charge in [0.1, 0.15) is 0 Å². The summed E-state index contributed by atoms with van der Waals surface area (Å²) in [7, 11) is 1.62. The highest BCUT2D eigenvalue weighted by atomic mass is 35.5. The van der Waals surface area contributed by atoms with Crippen LogP contribution in [0.3, 0.4) is 0 Å². The summed E-state index contributed by atoms with van der Waals surface area (Å²) in [5.41, 5.74) is 2.92. The first-order valence-corrected chi connectivity index (χ1v) is 6.75. The van der Waals surface area contributed by atoms with Gasteiger partial charge in [0, 0.05) is 23.2 Å². The molecule has 21 heavy (non-hydrogen) atoms. The van der Waals surface area contributed by atoms with Gasteiger partial charge in [0.2, 0.25) is 0 Å². The predicted molar refractivity (Wildman–Crippen MR) is 81.1 cm³/mol. The molecule has 0 fully saturated rings. The van der Waals surface area contributed by atoms with Crippen LogP contribution in [0, 0.1) is 6.92 Å². The van der Waals surface area contributed by atoms with Crippen molar-refractivity contribution < 1.29 is 9.21 Å². The summed E-state index contributed by atoms with van der Waals surface area (Å²) in [6, 6.07) is 10.1. The zero-order valence-electron chi connectivity index (χ0n) is 11.5. The van der Waals surface area contributed by atoms with Crippen LogP contribution in [0.4, 0.5) is 0 Å². The second-order valence-electron chi connectivity index (χ2n) is 4.90. The maximum Gasteiger partial charge on any atom is 0.419 e. The Labute approximate surface area is 125 Å². The van der Waals surface area contributed by atoms with E-state index in [-0.39, 0.29) is 5.78 Å². The van der Waals surface area contributed by atoms with E-state index in [9.17, 15) is 9.59 Å². The molecular weight excluding hydrogens is 290 g/mol. The van der Waals surface area contributed by atoms with Crippen molar-refractivity contribution in [3.63, 3.8) is 0 Å². The van der Waals surface area contributed by atoms with Crippen molar-refractivity contribution in [1.29, 1.82) is 0 Å². The average Bonchev–Trinajstić information content (AvgIpc) is 2.73. The minimum absolute atomic E-state index is 0.127. The quantitative estimate of drug-likeness (QED) is 0.682. The molecule has 4 nitrogen and oxygen atoms in total. The van der Waals surface area contributed by atoms with E-state index in [1.165, 1.54) is 4.57 Å². The zero-order valence-corrected chi connectivity index (χ0v) is 12.3. The summed E-state index contributed by atoms with van der Waals surface area (Å²) in [6.07, 6.45) is 0. The van der Waals surface area contributed by atoms with Gasteiger partial charge in [-0.1, -0.05) is 11.6 Å². The molecule has 1 aromatic heterocycles. The summed E-state index contributed by atoms with van der Waals surface area (Å²) in [5.74, 6) is -0.574. The highest BCUT2D eigenvalue weighted by Gasteiger charge is 2.14. The number of rotatable bonds is 2. The fraction of sp³-hybridized carbons (Fsp3) is 0.125. The molecule has 0 aliphatic carbocycles. The predicted octanol–water partition coefficient (Wildman–Crippen LogP) is 3.32. The van der Waals surface area contributed by atoms with Gasteiger partial charge in [-0.2, -0.15) is 0 Å². The number of halogens is 1. The molecule has 0 spiro atoms. The van der Waals surface area contributed by atoms with Crippen molar-refractivity contribution in [3.8, 4) is 0 Å². The minimum atomic E-state index is -0.447. The second kappa shape index (κ2) is 4.90. The fourth-order valence-corrected chi connectivity index (χ4v) is 2.54. The van der Waals surface area contributed by atoms with Gasteiger partial charge >= 0.3 is 5.76 Å². The van der Waals surface area contributed by atoms with Gasteiger partial charge in [-0.25, -0.2) is 4.79 Å². The van der Waals surface area contributed by atoms with Crippen molar-refractivity contribution in [2.45, 2.75) is 6.92 Å². The lowest BCUT2D eigenvalue weighted by Gasteiger charge is -2.05. The lowest BCUT2D eigenvalue weighted by Crippen LogP contribution is -2.08. The molecule has 1 heterocycles. The van der Waals surface area contributed by atoms with Gasteiger partial charge < -0.3 is 4.42 Å². The summed E-state index contributed by atoms with van der Waals surface area (Å²) in [4.78, 5) is 24.0. The summed E-state index contributed by atoms with van der Waals surface area (Å²) in [5, 5.41) is 0.591. The van der Waals surface area contributed by atoms with Gasteiger partial charge in [-0.3, -0.25) is 9.36 Å². The molecule has 5 heteroatoms. The van der Waals surface area contributed by atoms with Crippen molar-refractivity contribution >= 4 is 28.5 Å². The Kier molecular flexibility index (Phi) is 3.18. The normalized spacial score (nSPS) is 11.0. The van der Waals surface area contributed by atoms with Crippen LogP contribution in [0.25, 0.3) is 11.1 Å². The number of hydrogen-bond donors (Lipinski definition) is 0. The number of aryl methyl sites for hydroxylation is 2. The van der Waals surface area contributed by atoms with Crippen LogP contribution in [0.15, 0.2) is 45.6 Å². The first-order valence-electron chi connectivity index (χ1n) is 6.38. The van der Waals surface area contributed by atoms with E-state index in [2.05, 4.69) is 0 Å². The topological polar surface area (TPSA) is 52.2 Å². The lowest BCUT2D eigenvalue weighted by molar-refractivity contribution is 0.103. The second-order valence-corrected chi connectivity index (χ2v) is 5.33. The van der Waals surface area contributed by atoms with E-state index in [4.69, 9.17) is 16.0 Å². The first kappa shape index (κ1) is 13.6. The van der Waals surface area contributed by atoms with E-state index in [0.717, 1.165) is 5.56 Å². The van der Waals surface area contributed by atoms with Gasteiger partial charge in [0.25, 0.3) is 0 Å². The van der Waals surface area contributed by atoms with Crippen LogP contribution in [0.2, 0.25) is 5.02 Å². The highest BCUT2D eigenvalue weighted by Crippen LogP contribution is 2.21. The molecule has 0 amide bonds. The van der Waals surface area contributed by atoms with Crippen LogP contribution < -0.4 is 5.76 Å². The Bertz CT molecular complexity index is 921. The molecule has 0 unspecified atom stereocenters. The minimum Gasteiger partial charge on any atom is -0.408 e. The van der Waals surface area contributed by atoms with Gasteiger partial charge in [-0.05, 0) is 48.9 Å². The summed E-state index contributed by atoms with van der Waals surface area (Å²) >= 11 is 5.90. The Morgan fingerprint density at radius 2 is 1.95 bits per heavy atom. The molecule has 3 rings (SSSR count). The van der Waals surface area contributed by atoms with E-state index in [1.54, 1.807) is 43.4 Å². The molecule has 0 aliphatic rings. The third kappa shape index (κ3) is 2.28. The Morgan fingerprint density at radius 1 is 1.19 bits per heavy atom. The molecule has 0 N–H and O–H groups in total. The standard InChI is InChI=1S/C16H12ClNO3/c1-9-7-11(17)4-5-12(9)15(19)10-3-6-13-14(8-10)21-16(20)18(13)2/h3-8H,1-2H3. The third-order valence-electron chi connectivity index (χ3n) is 3.49. The van der Waals surface area contributed by atoms with E-state index in [1.807, 2.05) is 6.92 Å². The molecule has 0 aliphatic heterocycles. The number of ketones is 1. The molecular formula is C16H12ClNO3. The highest BCUT2D eigenvalue weighted by molar-refractivity contribution is 6.30. The fourth-order valence-electron chi connectivity index (χ4n) is 2.31. The molecule has 106 valence electrons. The third-order valence-corrected chi connectivity index (χ3v) is 3.72. The van der Waals surface area contributed by atoms with E-state index < -0.39 is 5.76 Å². The van der Waals surface area contributed by atoms with E-state index in [0.29, 0.717) is 27.2 Å². The van der Waals surface area contributed by atoms with Gasteiger partial charge in [0.05, 0.1) is 5.52 Å². The number of fused-ring (bicyclic) bond motifs is 1. The average molecular weight is 302 g/mol. The number of benzene rings is 2. The molecule has 2 aromatic carbocycles. The molecule has 0 bridgehead atoms. The number of nitrogens with zero attached hydrogens (tertiary/aromatic N) is 1. The van der Waals surface area contributed by atoms with Crippen LogP contribution >= 0.6 is 11.6 Å². The molecule has 3 aromatic rings. The van der Waals surface area contributed by atoms with Crippen molar-refractivity contribution in [2.75, 3.05) is 0 Å². The molecule has 0 saturated heterocycles.